The molecule has 3 heterocycles. The first-order chi connectivity index (χ1) is 15.4. The van der Waals surface area contributed by atoms with E-state index in [0.717, 1.165) is 35.7 Å². The number of nitrogens with zero attached hydrogens (tertiary/aromatic N) is 3. The lowest BCUT2D eigenvalue weighted by atomic mass is 10.0. The molecule has 5 aromatic rings. The number of thiazole rings is 1. The van der Waals surface area contributed by atoms with Gasteiger partial charge in [-0.15, -0.1) is 22.7 Å². The monoisotopic (exact) mass is 524 g/mol. The Bertz CT molecular complexity index is 1550. The summed E-state index contributed by atoms with van der Waals surface area (Å²) in [6.45, 7) is 3.82. The highest BCUT2D eigenvalue weighted by molar-refractivity contribution is 9.10. The highest BCUT2D eigenvalue weighted by Gasteiger charge is 2.18. The van der Waals surface area contributed by atoms with Crippen molar-refractivity contribution in [3.63, 3.8) is 0 Å². The first kappa shape index (κ1) is 21.0. The zero-order valence-electron chi connectivity index (χ0n) is 17.2. The van der Waals surface area contributed by atoms with Gasteiger partial charge in [-0.25, -0.2) is 9.97 Å². The van der Waals surface area contributed by atoms with Crippen LogP contribution in [-0.2, 0) is 11.3 Å². The van der Waals surface area contributed by atoms with Gasteiger partial charge >= 0.3 is 0 Å². The standard InChI is InChI=1S/C23H17BrN4O2S2/c1-12-20(14-3-5-15(24)6-4-14)21-22(31-12)25-11-28(23(21)30)10-19(29)27-16-7-8-17-18(9-16)32-13(2)26-17/h3-9,11H,10H2,1-2H3,(H,27,29). The molecule has 9 heteroatoms. The summed E-state index contributed by atoms with van der Waals surface area (Å²) in [5.41, 5.74) is 3.18. The summed E-state index contributed by atoms with van der Waals surface area (Å²) in [5, 5.41) is 4.40. The number of aryl methyl sites for hydroxylation is 2. The normalized spacial score (nSPS) is 11.3. The molecule has 0 saturated carbocycles. The van der Waals surface area contributed by atoms with Crippen LogP contribution in [0.25, 0.3) is 31.6 Å². The molecule has 2 aromatic carbocycles. The minimum Gasteiger partial charge on any atom is -0.324 e. The predicted molar refractivity (Wildman–Crippen MR) is 135 cm³/mol. The summed E-state index contributed by atoms with van der Waals surface area (Å²) < 4.78 is 3.34. The van der Waals surface area contributed by atoms with Crippen LogP contribution in [0, 0.1) is 13.8 Å². The van der Waals surface area contributed by atoms with Crippen molar-refractivity contribution in [3.05, 3.63) is 73.5 Å². The first-order valence-corrected chi connectivity index (χ1v) is 12.2. The SMILES string of the molecule is Cc1nc2ccc(NC(=O)Cn3cnc4sc(C)c(-c5ccc(Br)cc5)c4c3=O)cc2s1. The Morgan fingerprint density at radius 2 is 1.91 bits per heavy atom. The molecule has 0 bridgehead atoms. The number of benzene rings is 2. The van der Waals surface area contributed by atoms with Gasteiger partial charge in [0.25, 0.3) is 5.56 Å². The van der Waals surface area contributed by atoms with Crippen LogP contribution < -0.4 is 10.9 Å². The van der Waals surface area contributed by atoms with Crippen LogP contribution >= 0.6 is 38.6 Å². The third-order valence-corrected chi connectivity index (χ3v) is 7.56. The third kappa shape index (κ3) is 3.87. The van der Waals surface area contributed by atoms with Gasteiger partial charge in [-0.3, -0.25) is 14.2 Å². The number of fused-ring (bicyclic) bond motifs is 2. The van der Waals surface area contributed by atoms with Crippen molar-refractivity contribution in [1.29, 1.82) is 0 Å². The molecule has 32 heavy (non-hydrogen) atoms. The Hall–Kier alpha value is -2.88. The fourth-order valence-corrected chi connectivity index (χ4v) is 5.82. The van der Waals surface area contributed by atoms with Gasteiger partial charge in [-0.1, -0.05) is 28.1 Å². The predicted octanol–water partition coefficient (Wildman–Crippen LogP) is 5.75. The molecule has 3 aromatic heterocycles. The maximum absolute atomic E-state index is 13.3. The lowest BCUT2D eigenvalue weighted by Gasteiger charge is -2.08. The molecule has 0 aliphatic heterocycles. The minimum atomic E-state index is -0.286. The lowest BCUT2D eigenvalue weighted by molar-refractivity contribution is -0.116. The maximum Gasteiger partial charge on any atom is 0.263 e. The summed E-state index contributed by atoms with van der Waals surface area (Å²) in [4.78, 5) is 36.6. The van der Waals surface area contributed by atoms with Gasteiger partial charge in [-0.2, -0.15) is 0 Å². The van der Waals surface area contributed by atoms with Crippen molar-refractivity contribution in [2.24, 2.45) is 0 Å². The summed E-state index contributed by atoms with van der Waals surface area (Å²) >= 11 is 6.51. The van der Waals surface area contributed by atoms with Gasteiger partial charge in [-0.05, 0) is 49.7 Å². The number of halogens is 1. The van der Waals surface area contributed by atoms with Crippen LogP contribution in [0.5, 0.6) is 0 Å². The molecule has 0 unspecified atom stereocenters. The Balaban J connectivity index is 1.46. The number of carbonyl (C=O) groups is 1. The van der Waals surface area contributed by atoms with Gasteiger partial charge in [0.05, 0.1) is 26.9 Å². The number of nitrogens with one attached hydrogen (secondary N) is 1. The Labute approximate surface area is 199 Å². The van der Waals surface area contributed by atoms with Crippen LogP contribution in [0.15, 0.2) is 58.1 Å². The Morgan fingerprint density at radius 3 is 2.69 bits per heavy atom. The number of amides is 1. The van der Waals surface area contributed by atoms with Gasteiger partial charge < -0.3 is 5.32 Å². The van der Waals surface area contributed by atoms with Crippen LogP contribution in [0.1, 0.15) is 9.88 Å². The number of thiophene rings is 1. The van der Waals surface area contributed by atoms with Crippen LogP contribution in [0.4, 0.5) is 5.69 Å². The molecular weight excluding hydrogens is 508 g/mol. The van der Waals surface area contributed by atoms with E-state index in [1.807, 2.05) is 56.3 Å². The lowest BCUT2D eigenvalue weighted by Crippen LogP contribution is -2.27. The molecule has 1 amide bonds. The largest absolute Gasteiger partial charge is 0.324 e. The molecule has 160 valence electrons. The van der Waals surface area contributed by atoms with E-state index in [4.69, 9.17) is 0 Å². The van der Waals surface area contributed by atoms with E-state index >= 15 is 0 Å². The molecule has 6 nitrogen and oxygen atoms in total. The fourth-order valence-electron chi connectivity index (χ4n) is 3.69. The van der Waals surface area contributed by atoms with Crippen LogP contribution in [0.2, 0.25) is 0 Å². The smallest absolute Gasteiger partial charge is 0.263 e. The quantitative estimate of drug-likeness (QED) is 0.324. The second-order valence-corrected chi connectivity index (χ2v) is 10.7. The van der Waals surface area contributed by atoms with Crippen molar-refractivity contribution in [2.75, 3.05) is 5.32 Å². The summed E-state index contributed by atoms with van der Waals surface area (Å²) in [7, 11) is 0. The summed E-state index contributed by atoms with van der Waals surface area (Å²) in [6, 6.07) is 13.4. The highest BCUT2D eigenvalue weighted by atomic mass is 79.9. The van der Waals surface area contributed by atoms with Crippen molar-refractivity contribution in [1.82, 2.24) is 14.5 Å². The zero-order chi connectivity index (χ0) is 22.4. The molecule has 1 N–H and O–H groups in total. The van der Waals surface area contributed by atoms with Gasteiger partial charge in [0.15, 0.2) is 0 Å². The number of rotatable bonds is 4. The van der Waals surface area contributed by atoms with Gasteiger partial charge in [0.1, 0.15) is 11.4 Å². The van der Waals surface area contributed by atoms with Crippen LogP contribution in [0.3, 0.4) is 0 Å². The molecule has 0 saturated heterocycles. The van der Waals surface area contributed by atoms with E-state index in [2.05, 4.69) is 31.2 Å². The van der Waals surface area contributed by atoms with Crippen molar-refractivity contribution in [2.45, 2.75) is 20.4 Å². The van der Waals surface area contributed by atoms with E-state index in [9.17, 15) is 9.59 Å². The maximum atomic E-state index is 13.3. The molecule has 0 atom stereocenters. The summed E-state index contributed by atoms with van der Waals surface area (Å²) in [6.07, 6.45) is 1.45. The number of carbonyl (C=O) groups excluding carboxylic acids is 1. The zero-order valence-corrected chi connectivity index (χ0v) is 20.4. The second-order valence-electron chi connectivity index (χ2n) is 7.36. The number of anilines is 1. The topological polar surface area (TPSA) is 76.9 Å². The first-order valence-electron chi connectivity index (χ1n) is 9.80. The van der Waals surface area contributed by atoms with E-state index in [-0.39, 0.29) is 18.0 Å². The molecule has 0 spiro atoms. The summed E-state index contributed by atoms with van der Waals surface area (Å²) in [5.74, 6) is -0.286. The van der Waals surface area contributed by atoms with E-state index in [1.165, 1.54) is 22.2 Å². The second kappa shape index (κ2) is 8.23. The van der Waals surface area contributed by atoms with Crippen molar-refractivity contribution < 1.29 is 4.79 Å². The van der Waals surface area contributed by atoms with Gasteiger partial charge in [0.2, 0.25) is 5.91 Å². The number of aromatic nitrogens is 3. The Morgan fingerprint density at radius 1 is 1.12 bits per heavy atom. The molecular formula is C23H17BrN4O2S2. The fraction of sp³-hybridized carbons (Fsp3) is 0.130. The average molecular weight is 525 g/mol. The highest BCUT2D eigenvalue weighted by Crippen LogP contribution is 2.35. The molecule has 0 aliphatic carbocycles. The average Bonchev–Trinajstić information content (AvgIpc) is 3.29. The van der Waals surface area contributed by atoms with E-state index in [1.54, 1.807) is 11.3 Å². The number of hydrogen-bond acceptors (Lipinski definition) is 6. The molecule has 5 rings (SSSR count). The minimum absolute atomic E-state index is 0.115. The van der Waals surface area contributed by atoms with E-state index in [0.29, 0.717) is 15.9 Å². The molecule has 0 fully saturated rings. The molecule has 0 radical (unpaired) electrons. The molecule has 0 aliphatic rings. The van der Waals surface area contributed by atoms with Gasteiger partial charge in [0, 0.05) is 20.6 Å². The van der Waals surface area contributed by atoms with Crippen molar-refractivity contribution in [3.8, 4) is 11.1 Å². The van der Waals surface area contributed by atoms with Crippen LogP contribution in [-0.4, -0.2) is 20.4 Å². The number of hydrogen-bond donors (Lipinski definition) is 1. The Kier molecular flexibility index (Phi) is 5.40. The third-order valence-electron chi connectivity index (χ3n) is 5.08. The van der Waals surface area contributed by atoms with Crippen molar-refractivity contribution >= 4 is 70.6 Å². The van der Waals surface area contributed by atoms with E-state index < -0.39 is 0 Å².